The number of hydrogen-bond acceptors (Lipinski definition) is 4. The Morgan fingerprint density at radius 2 is 1.79 bits per heavy atom. The van der Waals surface area contributed by atoms with Gasteiger partial charge in [0.05, 0.1) is 18.2 Å². The summed E-state index contributed by atoms with van der Waals surface area (Å²) in [6.45, 7) is 7.87. The third kappa shape index (κ3) is 5.49. The smallest absolute Gasteiger partial charge is 0.255 e. The summed E-state index contributed by atoms with van der Waals surface area (Å²) in [5.74, 6) is -0.0266. The summed E-state index contributed by atoms with van der Waals surface area (Å²) in [5, 5.41) is 8.92. The van der Waals surface area contributed by atoms with Gasteiger partial charge in [-0.05, 0) is 49.7 Å². The molecule has 0 saturated carbocycles. The molecule has 0 heterocycles. The van der Waals surface area contributed by atoms with E-state index >= 15 is 0 Å². The Hall–Kier alpha value is -3.02. The summed E-state index contributed by atoms with van der Waals surface area (Å²) >= 11 is 0. The van der Waals surface area contributed by atoms with E-state index in [1.54, 1.807) is 18.2 Å². The maximum Gasteiger partial charge on any atom is 0.255 e. The minimum atomic E-state index is -0.258. The van der Waals surface area contributed by atoms with Crippen LogP contribution in [0.4, 0.5) is 11.4 Å². The van der Waals surface area contributed by atoms with Gasteiger partial charge in [0.15, 0.2) is 0 Å². The number of rotatable bonds is 8. The summed E-state index contributed by atoms with van der Waals surface area (Å²) in [6, 6.07) is 12.8. The Labute approximate surface area is 166 Å². The van der Waals surface area contributed by atoms with Crippen LogP contribution < -0.4 is 20.7 Å². The fourth-order valence-electron chi connectivity index (χ4n) is 2.67. The molecule has 2 aromatic rings. The van der Waals surface area contributed by atoms with Gasteiger partial charge in [0, 0.05) is 24.3 Å². The number of carbonyl (C=O) groups excluding carboxylic acids is 2. The van der Waals surface area contributed by atoms with Crippen LogP contribution in [0.5, 0.6) is 5.75 Å². The average molecular weight is 383 g/mol. The van der Waals surface area contributed by atoms with E-state index < -0.39 is 0 Å². The summed E-state index contributed by atoms with van der Waals surface area (Å²) in [6.07, 6.45) is 0. The van der Waals surface area contributed by atoms with E-state index in [2.05, 4.69) is 16.0 Å². The molecule has 0 fully saturated rings. The first-order valence-electron chi connectivity index (χ1n) is 9.52. The van der Waals surface area contributed by atoms with E-state index in [1.807, 2.05) is 59.0 Å². The Morgan fingerprint density at radius 1 is 1.04 bits per heavy atom. The van der Waals surface area contributed by atoms with E-state index in [9.17, 15) is 9.59 Å². The summed E-state index contributed by atoms with van der Waals surface area (Å²) < 4.78 is 5.61. The van der Waals surface area contributed by atoms with Crippen LogP contribution in [0.25, 0.3) is 0 Å². The molecule has 28 heavy (non-hydrogen) atoms. The molecular formula is C22H29N3O3. The monoisotopic (exact) mass is 383 g/mol. The molecule has 6 nitrogen and oxygen atoms in total. The van der Waals surface area contributed by atoms with Gasteiger partial charge in [0.25, 0.3) is 5.91 Å². The lowest BCUT2D eigenvalue weighted by Gasteiger charge is -2.18. The molecule has 1 unspecified atom stereocenters. The lowest BCUT2D eigenvalue weighted by Crippen LogP contribution is -2.27. The topological polar surface area (TPSA) is 79.5 Å². The van der Waals surface area contributed by atoms with Crippen LogP contribution in [-0.2, 0) is 4.79 Å². The number of hydrogen-bond donors (Lipinski definition) is 3. The molecule has 6 heteroatoms. The molecule has 0 spiro atoms. The predicted octanol–water partition coefficient (Wildman–Crippen LogP) is 4.21. The number of benzene rings is 2. The van der Waals surface area contributed by atoms with E-state index in [4.69, 9.17) is 4.74 Å². The summed E-state index contributed by atoms with van der Waals surface area (Å²) in [4.78, 5) is 24.9. The largest absolute Gasteiger partial charge is 0.493 e. The Kier molecular flexibility index (Phi) is 7.44. The Morgan fingerprint density at radius 3 is 2.43 bits per heavy atom. The highest BCUT2D eigenvalue weighted by Crippen LogP contribution is 2.25. The first-order chi connectivity index (χ1) is 13.3. The van der Waals surface area contributed by atoms with Crippen LogP contribution in [-0.4, -0.2) is 25.5 Å². The molecule has 0 saturated heterocycles. The van der Waals surface area contributed by atoms with Crippen molar-refractivity contribution < 1.29 is 14.3 Å². The number of nitrogens with one attached hydrogen (secondary N) is 3. The third-order valence-electron chi connectivity index (χ3n) is 4.34. The van der Waals surface area contributed by atoms with Crippen molar-refractivity contribution in [1.29, 1.82) is 0 Å². The van der Waals surface area contributed by atoms with E-state index in [0.29, 0.717) is 23.6 Å². The van der Waals surface area contributed by atoms with Gasteiger partial charge in [-0.25, -0.2) is 0 Å². The minimum Gasteiger partial charge on any atom is -0.493 e. The van der Waals surface area contributed by atoms with Crippen LogP contribution in [0.1, 0.15) is 49.7 Å². The molecule has 2 amide bonds. The summed E-state index contributed by atoms with van der Waals surface area (Å²) in [7, 11) is 1.85. The molecule has 0 bridgehead atoms. The summed E-state index contributed by atoms with van der Waals surface area (Å²) in [5.41, 5.74) is 2.92. The molecule has 2 aromatic carbocycles. The van der Waals surface area contributed by atoms with Crippen LogP contribution in [0.15, 0.2) is 42.5 Å². The number of amides is 2. The van der Waals surface area contributed by atoms with Crippen LogP contribution >= 0.6 is 0 Å². The van der Waals surface area contributed by atoms with Gasteiger partial charge in [0.2, 0.25) is 5.91 Å². The van der Waals surface area contributed by atoms with Crippen molar-refractivity contribution in [2.45, 2.75) is 33.7 Å². The molecule has 2 rings (SSSR count). The van der Waals surface area contributed by atoms with E-state index in [0.717, 1.165) is 11.3 Å². The lowest BCUT2D eigenvalue weighted by molar-refractivity contribution is -0.118. The SMILES string of the molecule is CCOc1ccc(NC(=O)C(C)C)cc1C(=O)NC(C)c1cccc(NC)c1. The highest BCUT2D eigenvalue weighted by Gasteiger charge is 2.18. The third-order valence-corrected chi connectivity index (χ3v) is 4.34. The van der Waals surface area contributed by atoms with Crippen molar-refractivity contribution in [2.75, 3.05) is 24.3 Å². The van der Waals surface area contributed by atoms with Crippen molar-refractivity contribution >= 4 is 23.2 Å². The first-order valence-corrected chi connectivity index (χ1v) is 9.52. The maximum absolute atomic E-state index is 12.9. The van der Waals surface area contributed by atoms with Gasteiger partial charge < -0.3 is 20.7 Å². The van der Waals surface area contributed by atoms with Crippen molar-refractivity contribution in [3.8, 4) is 5.75 Å². The Bertz CT molecular complexity index is 834. The average Bonchev–Trinajstić information content (AvgIpc) is 2.69. The highest BCUT2D eigenvalue weighted by molar-refractivity contribution is 6.00. The van der Waals surface area contributed by atoms with E-state index in [-0.39, 0.29) is 23.8 Å². The molecule has 0 radical (unpaired) electrons. The lowest BCUT2D eigenvalue weighted by atomic mass is 10.1. The van der Waals surface area contributed by atoms with E-state index in [1.165, 1.54) is 0 Å². The second-order valence-corrected chi connectivity index (χ2v) is 6.86. The molecular weight excluding hydrogens is 354 g/mol. The van der Waals surface area contributed by atoms with Crippen molar-refractivity contribution in [1.82, 2.24) is 5.32 Å². The second-order valence-electron chi connectivity index (χ2n) is 6.86. The van der Waals surface area contributed by atoms with Gasteiger partial charge in [-0.15, -0.1) is 0 Å². The zero-order chi connectivity index (χ0) is 20.7. The van der Waals surface area contributed by atoms with Crippen LogP contribution in [0.2, 0.25) is 0 Å². The fourth-order valence-corrected chi connectivity index (χ4v) is 2.67. The number of carbonyl (C=O) groups is 2. The predicted molar refractivity (Wildman–Crippen MR) is 113 cm³/mol. The van der Waals surface area contributed by atoms with Crippen LogP contribution in [0.3, 0.4) is 0 Å². The molecule has 0 aliphatic rings. The quantitative estimate of drug-likeness (QED) is 0.638. The Balaban J connectivity index is 2.24. The minimum absolute atomic E-state index is 0.104. The van der Waals surface area contributed by atoms with Gasteiger partial charge in [-0.3, -0.25) is 9.59 Å². The van der Waals surface area contributed by atoms with Gasteiger partial charge in [-0.2, -0.15) is 0 Å². The van der Waals surface area contributed by atoms with Gasteiger partial charge >= 0.3 is 0 Å². The van der Waals surface area contributed by atoms with Gasteiger partial charge in [-0.1, -0.05) is 26.0 Å². The zero-order valence-corrected chi connectivity index (χ0v) is 17.1. The molecule has 0 aliphatic carbocycles. The normalized spacial score (nSPS) is 11.6. The number of anilines is 2. The molecule has 0 aliphatic heterocycles. The molecule has 3 N–H and O–H groups in total. The highest BCUT2D eigenvalue weighted by atomic mass is 16.5. The van der Waals surface area contributed by atoms with Gasteiger partial charge in [0.1, 0.15) is 5.75 Å². The molecule has 0 aromatic heterocycles. The van der Waals surface area contributed by atoms with Crippen molar-refractivity contribution in [3.05, 3.63) is 53.6 Å². The van der Waals surface area contributed by atoms with Crippen molar-refractivity contribution in [2.24, 2.45) is 5.92 Å². The fraction of sp³-hybridized carbons (Fsp3) is 0.364. The second kappa shape index (κ2) is 9.78. The van der Waals surface area contributed by atoms with Crippen molar-refractivity contribution in [3.63, 3.8) is 0 Å². The molecule has 150 valence electrons. The maximum atomic E-state index is 12.9. The standard InChI is InChI=1S/C22H29N3O3/c1-6-28-20-11-10-18(25-21(26)14(2)3)13-19(20)22(27)24-15(4)16-8-7-9-17(12-16)23-5/h7-15,23H,6H2,1-5H3,(H,24,27)(H,25,26). The number of ether oxygens (including phenoxy) is 1. The first kappa shape index (κ1) is 21.3. The molecule has 1 atom stereocenters. The zero-order valence-electron chi connectivity index (χ0n) is 17.1. The van der Waals surface area contributed by atoms with Crippen LogP contribution in [0, 0.1) is 5.92 Å².